The van der Waals surface area contributed by atoms with E-state index in [4.69, 9.17) is 11.6 Å². The molecule has 0 spiro atoms. The number of fused-ring (bicyclic) bond motifs is 1. The Morgan fingerprint density at radius 2 is 1.81 bits per heavy atom. The summed E-state index contributed by atoms with van der Waals surface area (Å²) in [6, 6.07) is 22.3. The molecule has 4 aromatic rings. The SMILES string of the molecule is Cc1ccccc1CN(C)C(=O)CSc1nc2ccccc2c(=O)n1-c1cccc(Cl)c1. The Hall–Kier alpha value is -3.09. The van der Waals surface area contributed by atoms with Crippen molar-refractivity contribution in [3.05, 3.63) is 99.3 Å². The summed E-state index contributed by atoms with van der Waals surface area (Å²) in [6.07, 6.45) is 0. The van der Waals surface area contributed by atoms with Crippen molar-refractivity contribution in [2.45, 2.75) is 18.6 Å². The second-order valence-electron chi connectivity index (χ2n) is 7.50. The van der Waals surface area contributed by atoms with E-state index < -0.39 is 0 Å². The predicted octanol–water partition coefficient (Wildman–Crippen LogP) is 5.10. The summed E-state index contributed by atoms with van der Waals surface area (Å²) in [5.41, 5.74) is 3.27. The Labute approximate surface area is 195 Å². The fraction of sp³-hybridized carbons (Fsp3) is 0.160. The lowest BCUT2D eigenvalue weighted by atomic mass is 10.1. The van der Waals surface area contributed by atoms with Gasteiger partial charge in [0.15, 0.2) is 5.16 Å². The number of benzene rings is 3. The summed E-state index contributed by atoms with van der Waals surface area (Å²) in [5, 5.41) is 1.49. The first-order chi connectivity index (χ1) is 15.4. The number of amides is 1. The van der Waals surface area contributed by atoms with Crippen LogP contribution in [0.4, 0.5) is 0 Å². The molecule has 5 nitrogen and oxygen atoms in total. The van der Waals surface area contributed by atoms with Crippen molar-refractivity contribution >= 4 is 40.2 Å². The standard InChI is InChI=1S/C25H22ClN3O2S/c1-17-8-3-4-9-18(17)15-28(2)23(30)16-32-25-27-22-13-6-5-12-21(22)24(31)29(25)20-11-7-10-19(26)14-20/h3-14H,15-16H2,1-2H3. The van der Waals surface area contributed by atoms with Crippen molar-refractivity contribution in [3.8, 4) is 5.69 Å². The van der Waals surface area contributed by atoms with Crippen molar-refractivity contribution in [3.63, 3.8) is 0 Å². The third-order valence-corrected chi connectivity index (χ3v) is 6.39. The first-order valence-corrected chi connectivity index (χ1v) is 11.5. The number of halogens is 1. The van der Waals surface area contributed by atoms with Crippen molar-refractivity contribution in [2.24, 2.45) is 0 Å². The van der Waals surface area contributed by atoms with Gasteiger partial charge in [-0.15, -0.1) is 0 Å². The molecular weight excluding hydrogens is 442 g/mol. The number of nitrogens with zero attached hydrogens (tertiary/aromatic N) is 3. The Morgan fingerprint density at radius 3 is 2.59 bits per heavy atom. The zero-order valence-corrected chi connectivity index (χ0v) is 19.4. The van der Waals surface area contributed by atoms with E-state index in [2.05, 4.69) is 4.98 Å². The van der Waals surface area contributed by atoms with Crippen LogP contribution in [0.1, 0.15) is 11.1 Å². The fourth-order valence-electron chi connectivity index (χ4n) is 3.42. The monoisotopic (exact) mass is 463 g/mol. The highest BCUT2D eigenvalue weighted by atomic mass is 35.5. The Bertz CT molecular complexity index is 1350. The Kier molecular flexibility index (Phi) is 6.63. The van der Waals surface area contributed by atoms with E-state index in [1.807, 2.05) is 43.3 Å². The van der Waals surface area contributed by atoms with E-state index in [1.54, 1.807) is 48.3 Å². The molecule has 1 amide bonds. The van der Waals surface area contributed by atoms with Crippen LogP contribution in [0, 0.1) is 6.92 Å². The minimum Gasteiger partial charge on any atom is -0.341 e. The van der Waals surface area contributed by atoms with Gasteiger partial charge in [-0.25, -0.2) is 4.98 Å². The van der Waals surface area contributed by atoms with Crippen molar-refractivity contribution < 1.29 is 4.79 Å². The predicted molar refractivity (Wildman–Crippen MR) is 131 cm³/mol. The molecule has 0 bridgehead atoms. The summed E-state index contributed by atoms with van der Waals surface area (Å²) >= 11 is 7.42. The Morgan fingerprint density at radius 1 is 1.06 bits per heavy atom. The molecule has 0 radical (unpaired) electrons. The van der Waals surface area contributed by atoms with Crippen LogP contribution in [0.5, 0.6) is 0 Å². The molecule has 0 fully saturated rings. The normalized spacial score (nSPS) is 11.0. The Balaban J connectivity index is 1.63. The lowest BCUT2D eigenvalue weighted by molar-refractivity contribution is -0.127. The quantitative estimate of drug-likeness (QED) is 0.295. The van der Waals surface area contributed by atoms with Crippen molar-refractivity contribution in [1.82, 2.24) is 14.5 Å². The van der Waals surface area contributed by atoms with Crippen molar-refractivity contribution in [2.75, 3.05) is 12.8 Å². The van der Waals surface area contributed by atoms with Gasteiger partial charge in [0.1, 0.15) is 0 Å². The molecule has 0 atom stereocenters. The van der Waals surface area contributed by atoms with Crippen LogP contribution in [0.3, 0.4) is 0 Å². The summed E-state index contributed by atoms with van der Waals surface area (Å²) < 4.78 is 1.52. The number of aryl methyl sites for hydroxylation is 1. The molecule has 0 saturated carbocycles. The fourth-order valence-corrected chi connectivity index (χ4v) is 4.56. The van der Waals surface area contributed by atoms with E-state index in [-0.39, 0.29) is 17.2 Å². The lowest BCUT2D eigenvalue weighted by Crippen LogP contribution is -2.29. The summed E-state index contributed by atoms with van der Waals surface area (Å²) in [7, 11) is 1.78. The van der Waals surface area contributed by atoms with E-state index >= 15 is 0 Å². The molecule has 1 aromatic heterocycles. The first kappa shape index (κ1) is 22.1. The largest absolute Gasteiger partial charge is 0.341 e. The number of rotatable bonds is 6. The lowest BCUT2D eigenvalue weighted by Gasteiger charge is -2.19. The molecule has 0 aliphatic heterocycles. The van der Waals surface area contributed by atoms with Crippen LogP contribution in [-0.4, -0.2) is 33.2 Å². The van der Waals surface area contributed by atoms with E-state index in [0.717, 1.165) is 11.1 Å². The number of carbonyl (C=O) groups excluding carboxylic acids is 1. The molecule has 4 rings (SSSR count). The van der Waals surface area contributed by atoms with Gasteiger partial charge < -0.3 is 4.90 Å². The molecule has 0 saturated heterocycles. The van der Waals surface area contributed by atoms with Crippen LogP contribution in [0.15, 0.2) is 82.7 Å². The molecular formula is C25H22ClN3O2S. The number of hydrogen-bond acceptors (Lipinski definition) is 4. The number of carbonyl (C=O) groups is 1. The minimum absolute atomic E-state index is 0.0432. The highest BCUT2D eigenvalue weighted by Gasteiger charge is 2.17. The van der Waals surface area contributed by atoms with Gasteiger partial charge in [0.05, 0.1) is 22.3 Å². The zero-order chi connectivity index (χ0) is 22.7. The van der Waals surface area contributed by atoms with Gasteiger partial charge in [-0.1, -0.05) is 65.8 Å². The molecule has 0 N–H and O–H groups in total. The molecule has 0 aliphatic rings. The average molecular weight is 464 g/mol. The highest BCUT2D eigenvalue weighted by Crippen LogP contribution is 2.23. The van der Waals surface area contributed by atoms with Gasteiger partial charge in [0.25, 0.3) is 5.56 Å². The second kappa shape index (κ2) is 9.59. The summed E-state index contributed by atoms with van der Waals surface area (Å²) in [4.78, 5) is 32.5. The third-order valence-electron chi connectivity index (χ3n) is 5.23. The minimum atomic E-state index is -0.193. The maximum Gasteiger partial charge on any atom is 0.266 e. The molecule has 162 valence electrons. The smallest absolute Gasteiger partial charge is 0.266 e. The number of aromatic nitrogens is 2. The second-order valence-corrected chi connectivity index (χ2v) is 8.88. The van der Waals surface area contributed by atoms with E-state index in [9.17, 15) is 9.59 Å². The van der Waals surface area contributed by atoms with Crippen LogP contribution in [0.25, 0.3) is 16.6 Å². The molecule has 0 aliphatic carbocycles. The van der Waals surface area contributed by atoms with Gasteiger partial charge in [-0.05, 0) is 48.4 Å². The van der Waals surface area contributed by atoms with Gasteiger partial charge >= 0.3 is 0 Å². The van der Waals surface area contributed by atoms with Gasteiger partial charge in [-0.2, -0.15) is 0 Å². The molecule has 32 heavy (non-hydrogen) atoms. The van der Waals surface area contributed by atoms with Crippen LogP contribution in [-0.2, 0) is 11.3 Å². The van der Waals surface area contributed by atoms with Crippen molar-refractivity contribution in [1.29, 1.82) is 0 Å². The zero-order valence-electron chi connectivity index (χ0n) is 17.8. The molecule has 3 aromatic carbocycles. The van der Waals surface area contributed by atoms with Gasteiger partial charge in [-0.3, -0.25) is 14.2 Å². The van der Waals surface area contributed by atoms with Crippen LogP contribution >= 0.6 is 23.4 Å². The maximum atomic E-state index is 13.3. The number of hydrogen-bond donors (Lipinski definition) is 0. The highest BCUT2D eigenvalue weighted by molar-refractivity contribution is 7.99. The average Bonchev–Trinajstić information content (AvgIpc) is 2.79. The van der Waals surface area contributed by atoms with E-state index in [1.165, 1.54) is 16.3 Å². The number of para-hydroxylation sites is 1. The molecule has 7 heteroatoms. The third kappa shape index (κ3) is 4.71. The summed E-state index contributed by atoms with van der Waals surface area (Å²) in [5.74, 6) is 0.117. The number of thioether (sulfide) groups is 1. The topological polar surface area (TPSA) is 55.2 Å². The van der Waals surface area contributed by atoms with Crippen LogP contribution < -0.4 is 5.56 Å². The van der Waals surface area contributed by atoms with Crippen LogP contribution in [0.2, 0.25) is 5.02 Å². The summed E-state index contributed by atoms with van der Waals surface area (Å²) in [6.45, 7) is 2.56. The first-order valence-electron chi connectivity index (χ1n) is 10.1. The maximum absolute atomic E-state index is 13.3. The molecule has 1 heterocycles. The van der Waals surface area contributed by atoms with Gasteiger partial charge in [0.2, 0.25) is 5.91 Å². The molecule has 0 unspecified atom stereocenters. The van der Waals surface area contributed by atoms with Gasteiger partial charge in [0, 0.05) is 18.6 Å². The van der Waals surface area contributed by atoms with E-state index in [0.29, 0.717) is 33.3 Å².